The van der Waals surface area contributed by atoms with E-state index in [4.69, 9.17) is 0 Å². The summed E-state index contributed by atoms with van der Waals surface area (Å²) in [5.74, 6) is -0.983. The number of nitrogens with zero attached hydrogens (tertiary/aromatic N) is 1. The van der Waals surface area contributed by atoms with Gasteiger partial charge in [-0.15, -0.1) is 0 Å². The number of aryl methyl sites for hydroxylation is 3. The van der Waals surface area contributed by atoms with Crippen molar-refractivity contribution in [1.82, 2.24) is 0 Å². The fourth-order valence-electron chi connectivity index (χ4n) is 3.96. The summed E-state index contributed by atoms with van der Waals surface area (Å²) in [5.41, 5.74) is 5.88. The van der Waals surface area contributed by atoms with Gasteiger partial charge in [-0.2, -0.15) is 0 Å². The number of nitrogens with one attached hydrogen (secondary N) is 2. The van der Waals surface area contributed by atoms with Crippen LogP contribution in [0.1, 0.15) is 29.2 Å². The normalized spacial score (nSPS) is 13.5. The van der Waals surface area contributed by atoms with Gasteiger partial charge < -0.3 is 10.6 Å². The quantitative estimate of drug-likeness (QED) is 0.551. The molecule has 0 spiro atoms. The maximum atomic E-state index is 13.6. The van der Waals surface area contributed by atoms with E-state index in [1.165, 1.54) is 11.8 Å². The summed E-state index contributed by atoms with van der Waals surface area (Å²) in [5, 5.41) is 5.93. The van der Waals surface area contributed by atoms with Crippen LogP contribution in [0.5, 0.6) is 0 Å². The van der Waals surface area contributed by atoms with Crippen molar-refractivity contribution in [2.75, 3.05) is 15.5 Å². The Bertz CT molecular complexity index is 1310. The van der Waals surface area contributed by atoms with Gasteiger partial charge in [0, 0.05) is 18.3 Å². The average Bonchev–Trinajstić information content (AvgIpc) is 3.00. The Morgan fingerprint density at radius 2 is 1.52 bits per heavy atom. The molecular weight excluding hydrogens is 414 g/mol. The van der Waals surface area contributed by atoms with Crippen molar-refractivity contribution in [2.45, 2.75) is 27.7 Å². The SMILES string of the molecule is CC(=O)Nc1ccc(C2=C(Nc3ccccc3C)C(=O)N(c3ccc(C)cc3C)C2=O)cc1. The molecule has 3 aromatic rings. The van der Waals surface area contributed by atoms with Gasteiger partial charge in [0.1, 0.15) is 5.70 Å². The average molecular weight is 440 g/mol. The summed E-state index contributed by atoms with van der Waals surface area (Å²) >= 11 is 0. The molecule has 0 bridgehead atoms. The lowest BCUT2D eigenvalue weighted by atomic mass is 10.0. The fraction of sp³-hybridized carbons (Fsp3) is 0.148. The minimum atomic E-state index is -0.406. The number of rotatable bonds is 5. The molecule has 1 aliphatic heterocycles. The molecule has 4 rings (SSSR count). The van der Waals surface area contributed by atoms with Crippen LogP contribution in [0.15, 0.2) is 72.4 Å². The monoisotopic (exact) mass is 439 g/mol. The molecule has 0 atom stereocenters. The van der Waals surface area contributed by atoms with Gasteiger partial charge in [-0.25, -0.2) is 4.90 Å². The maximum absolute atomic E-state index is 13.6. The minimum Gasteiger partial charge on any atom is -0.350 e. The van der Waals surface area contributed by atoms with Gasteiger partial charge in [0.15, 0.2) is 0 Å². The number of carbonyl (C=O) groups is 3. The molecule has 0 fully saturated rings. The van der Waals surface area contributed by atoms with Gasteiger partial charge in [0.05, 0.1) is 11.3 Å². The molecule has 0 unspecified atom stereocenters. The number of benzene rings is 3. The second kappa shape index (κ2) is 8.74. The van der Waals surface area contributed by atoms with Crippen molar-refractivity contribution in [3.8, 4) is 0 Å². The molecular formula is C27H25N3O3. The van der Waals surface area contributed by atoms with Crippen molar-refractivity contribution in [3.63, 3.8) is 0 Å². The van der Waals surface area contributed by atoms with E-state index in [9.17, 15) is 14.4 Å². The molecule has 0 aliphatic carbocycles. The third-order valence-electron chi connectivity index (χ3n) is 5.58. The van der Waals surface area contributed by atoms with Crippen LogP contribution in [0.3, 0.4) is 0 Å². The van der Waals surface area contributed by atoms with Crippen molar-refractivity contribution in [2.24, 2.45) is 0 Å². The lowest BCUT2D eigenvalue weighted by molar-refractivity contribution is -0.120. The predicted octanol–water partition coefficient (Wildman–Crippen LogP) is 4.97. The number of anilines is 3. The minimum absolute atomic E-state index is 0.183. The molecule has 6 nitrogen and oxygen atoms in total. The molecule has 3 amide bonds. The number of amides is 3. The topological polar surface area (TPSA) is 78.5 Å². The Kier molecular flexibility index (Phi) is 5.84. The number of carbonyl (C=O) groups excluding carboxylic acids is 3. The van der Waals surface area contributed by atoms with E-state index in [0.29, 0.717) is 16.9 Å². The molecule has 166 valence electrons. The highest BCUT2D eigenvalue weighted by Gasteiger charge is 2.40. The number of hydrogen-bond donors (Lipinski definition) is 2. The van der Waals surface area contributed by atoms with Crippen LogP contribution in [-0.2, 0) is 14.4 Å². The van der Waals surface area contributed by atoms with E-state index < -0.39 is 11.8 Å². The Balaban J connectivity index is 1.82. The highest BCUT2D eigenvalue weighted by molar-refractivity contribution is 6.46. The molecule has 6 heteroatoms. The summed E-state index contributed by atoms with van der Waals surface area (Å²) in [6.07, 6.45) is 0. The van der Waals surface area contributed by atoms with Gasteiger partial charge in [0.2, 0.25) is 5.91 Å². The third-order valence-corrected chi connectivity index (χ3v) is 5.58. The van der Waals surface area contributed by atoms with Crippen LogP contribution >= 0.6 is 0 Å². The van der Waals surface area contributed by atoms with Crippen LogP contribution < -0.4 is 15.5 Å². The zero-order valence-corrected chi connectivity index (χ0v) is 19.0. The summed E-state index contributed by atoms with van der Waals surface area (Å²) < 4.78 is 0. The molecule has 0 saturated carbocycles. The molecule has 0 saturated heterocycles. The number of imide groups is 1. The van der Waals surface area contributed by atoms with Crippen LogP contribution in [-0.4, -0.2) is 17.7 Å². The second-order valence-electron chi connectivity index (χ2n) is 8.18. The second-order valence-corrected chi connectivity index (χ2v) is 8.18. The molecule has 0 radical (unpaired) electrons. The van der Waals surface area contributed by atoms with Crippen LogP contribution in [0, 0.1) is 20.8 Å². The predicted molar refractivity (Wildman–Crippen MR) is 131 cm³/mol. The number of para-hydroxylation sites is 1. The maximum Gasteiger partial charge on any atom is 0.282 e. The van der Waals surface area contributed by atoms with Crippen LogP contribution in [0.25, 0.3) is 5.57 Å². The first-order chi connectivity index (χ1) is 15.8. The standard InChI is InChI=1S/C27H25N3O3/c1-16-9-14-23(18(3)15-16)30-26(32)24(20-10-12-21(13-11-20)28-19(4)31)25(27(30)33)29-22-8-6-5-7-17(22)2/h5-15,29H,1-4H3,(H,28,31). The summed E-state index contributed by atoms with van der Waals surface area (Å²) in [7, 11) is 0. The third kappa shape index (κ3) is 4.28. The van der Waals surface area contributed by atoms with Crippen molar-refractivity contribution >= 4 is 40.4 Å². The van der Waals surface area contributed by atoms with Gasteiger partial charge >= 0.3 is 0 Å². The molecule has 1 aliphatic rings. The molecule has 0 aromatic heterocycles. The van der Waals surface area contributed by atoms with E-state index in [1.54, 1.807) is 30.3 Å². The summed E-state index contributed by atoms with van der Waals surface area (Å²) in [4.78, 5) is 39.8. The smallest absolute Gasteiger partial charge is 0.282 e. The Morgan fingerprint density at radius 3 is 2.15 bits per heavy atom. The summed E-state index contributed by atoms with van der Waals surface area (Å²) in [6.45, 7) is 7.23. The first-order valence-electron chi connectivity index (χ1n) is 10.7. The number of hydrogen-bond acceptors (Lipinski definition) is 4. The molecule has 1 heterocycles. The van der Waals surface area contributed by atoms with Crippen molar-refractivity contribution in [1.29, 1.82) is 0 Å². The lowest BCUT2D eigenvalue weighted by Crippen LogP contribution is -2.33. The largest absolute Gasteiger partial charge is 0.350 e. The highest BCUT2D eigenvalue weighted by atomic mass is 16.2. The zero-order chi connectivity index (χ0) is 23.7. The molecule has 2 N–H and O–H groups in total. The Morgan fingerprint density at radius 1 is 0.818 bits per heavy atom. The van der Waals surface area contributed by atoms with E-state index in [2.05, 4.69) is 10.6 Å². The first kappa shape index (κ1) is 22.0. The van der Waals surface area contributed by atoms with Gasteiger partial charge in [-0.1, -0.05) is 48.0 Å². The van der Waals surface area contributed by atoms with Gasteiger partial charge in [-0.3, -0.25) is 14.4 Å². The van der Waals surface area contributed by atoms with Gasteiger partial charge in [-0.05, 0) is 61.7 Å². The summed E-state index contributed by atoms with van der Waals surface area (Å²) in [6, 6.07) is 20.1. The van der Waals surface area contributed by atoms with E-state index in [0.717, 1.165) is 22.4 Å². The molecule has 3 aromatic carbocycles. The van der Waals surface area contributed by atoms with Crippen molar-refractivity contribution < 1.29 is 14.4 Å². The van der Waals surface area contributed by atoms with E-state index >= 15 is 0 Å². The Labute approximate surface area is 192 Å². The van der Waals surface area contributed by atoms with Crippen LogP contribution in [0.2, 0.25) is 0 Å². The van der Waals surface area contributed by atoms with E-state index in [-0.39, 0.29) is 17.2 Å². The van der Waals surface area contributed by atoms with Gasteiger partial charge in [0.25, 0.3) is 11.8 Å². The first-order valence-corrected chi connectivity index (χ1v) is 10.7. The Hall–Kier alpha value is -4.19. The molecule has 33 heavy (non-hydrogen) atoms. The van der Waals surface area contributed by atoms with Crippen molar-refractivity contribution in [3.05, 3.63) is 94.7 Å². The zero-order valence-electron chi connectivity index (χ0n) is 19.0. The van der Waals surface area contributed by atoms with Crippen LogP contribution in [0.4, 0.5) is 17.1 Å². The highest BCUT2D eigenvalue weighted by Crippen LogP contribution is 2.36. The van der Waals surface area contributed by atoms with E-state index in [1.807, 2.05) is 57.2 Å². The fourth-order valence-corrected chi connectivity index (χ4v) is 3.96. The lowest BCUT2D eigenvalue weighted by Gasteiger charge is -2.18.